The van der Waals surface area contributed by atoms with Gasteiger partial charge in [0.2, 0.25) is 0 Å². The Kier molecular flexibility index (Phi) is 7.16. The Balaban J connectivity index is 2.53. The third-order valence-electron chi connectivity index (χ3n) is 3.84. The molecule has 108 valence electrons. The Labute approximate surface area is 118 Å². The summed E-state index contributed by atoms with van der Waals surface area (Å²) in [6.45, 7) is 8.19. The fourth-order valence-corrected chi connectivity index (χ4v) is 2.46. The first kappa shape index (κ1) is 16.2. The molecule has 1 rings (SSSR count). The smallest absolute Gasteiger partial charge is 0.133 e. The highest BCUT2D eigenvalue weighted by Gasteiger charge is 2.32. The number of hydrogen-bond donors (Lipinski definition) is 0. The molecule has 0 saturated carbocycles. The zero-order chi connectivity index (χ0) is 14.3. The molecule has 0 aliphatic carbocycles. The minimum Gasteiger partial charge on any atom is -0.362 e. The molecule has 1 aliphatic rings. The predicted molar refractivity (Wildman–Crippen MR) is 78.8 cm³/mol. The van der Waals surface area contributed by atoms with Crippen LogP contribution in [-0.2, 0) is 9.53 Å². The molecular weight excluding hydrogens is 236 g/mol. The van der Waals surface area contributed by atoms with Gasteiger partial charge in [0.05, 0.1) is 6.10 Å². The van der Waals surface area contributed by atoms with Crippen molar-refractivity contribution in [3.05, 3.63) is 0 Å². The lowest BCUT2D eigenvalue weighted by atomic mass is 9.85. The van der Waals surface area contributed by atoms with Crippen molar-refractivity contribution in [3.8, 4) is 11.8 Å². The molecular formula is C17H28O2. The number of ether oxygens (including phenoxy) is 1. The maximum atomic E-state index is 11.6. The summed E-state index contributed by atoms with van der Waals surface area (Å²) in [5.41, 5.74) is 0. The van der Waals surface area contributed by atoms with Gasteiger partial charge in [-0.2, -0.15) is 0 Å². The SMILES string of the molecule is CCCCCC#C[C@H]1C[C@@H](C(C)=O)C[C@@H](C(C)C)O1. The van der Waals surface area contributed by atoms with Gasteiger partial charge in [0.1, 0.15) is 11.9 Å². The molecule has 1 fully saturated rings. The molecule has 0 aromatic rings. The van der Waals surface area contributed by atoms with E-state index in [1.165, 1.54) is 19.3 Å². The van der Waals surface area contributed by atoms with Crippen molar-refractivity contribution in [1.82, 2.24) is 0 Å². The van der Waals surface area contributed by atoms with Gasteiger partial charge in [-0.15, -0.1) is 5.92 Å². The van der Waals surface area contributed by atoms with E-state index in [2.05, 4.69) is 32.6 Å². The molecule has 0 aromatic carbocycles. The number of carbonyl (C=O) groups excluding carboxylic acids is 1. The quantitative estimate of drug-likeness (QED) is 0.554. The van der Waals surface area contributed by atoms with E-state index in [0.717, 1.165) is 19.3 Å². The van der Waals surface area contributed by atoms with Gasteiger partial charge in [0.25, 0.3) is 0 Å². The molecule has 1 saturated heterocycles. The van der Waals surface area contributed by atoms with Gasteiger partial charge in [-0.1, -0.05) is 39.5 Å². The third-order valence-corrected chi connectivity index (χ3v) is 3.84. The van der Waals surface area contributed by atoms with Gasteiger partial charge in [-0.25, -0.2) is 0 Å². The van der Waals surface area contributed by atoms with Crippen LogP contribution >= 0.6 is 0 Å². The van der Waals surface area contributed by atoms with E-state index < -0.39 is 0 Å². The lowest BCUT2D eigenvalue weighted by Gasteiger charge is -2.34. The molecule has 1 aliphatic heterocycles. The zero-order valence-electron chi connectivity index (χ0n) is 12.9. The van der Waals surface area contributed by atoms with Crippen LogP contribution in [0.2, 0.25) is 0 Å². The Morgan fingerprint density at radius 3 is 2.63 bits per heavy atom. The molecule has 0 amide bonds. The zero-order valence-corrected chi connectivity index (χ0v) is 12.9. The van der Waals surface area contributed by atoms with E-state index >= 15 is 0 Å². The van der Waals surface area contributed by atoms with Crippen molar-refractivity contribution in [2.24, 2.45) is 11.8 Å². The van der Waals surface area contributed by atoms with Crippen LogP contribution in [0, 0.1) is 23.7 Å². The van der Waals surface area contributed by atoms with E-state index in [1.807, 2.05) is 0 Å². The second-order valence-corrected chi connectivity index (χ2v) is 5.96. The first-order valence-corrected chi connectivity index (χ1v) is 7.68. The minimum absolute atomic E-state index is 0.0447. The topological polar surface area (TPSA) is 26.3 Å². The highest BCUT2D eigenvalue weighted by Crippen LogP contribution is 2.29. The van der Waals surface area contributed by atoms with Crippen LogP contribution in [0.3, 0.4) is 0 Å². The summed E-state index contributed by atoms with van der Waals surface area (Å²) < 4.78 is 6.01. The fourth-order valence-electron chi connectivity index (χ4n) is 2.46. The average molecular weight is 264 g/mol. The van der Waals surface area contributed by atoms with E-state index in [9.17, 15) is 4.79 Å². The second-order valence-electron chi connectivity index (χ2n) is 5.96. The average Bonchev–Trinajstić information content (AvgIpc) is 2.38. The lowest BCUT2D eigenvalue weighted by molar-refractivity contribution is -0.129. The van der Waals surface area contributed by atoms with Crippen molar-refractivity contribution >= 4 is 5.78 Å². The number of ketones is 1. The summed E-state index contributed by atoms with van der Waals surface area (Å²) in [4.78, 5) is 11.6. The monoisotopic (exact) mass is 264 g/mol. The standard InChI is InChI=1S/C17H28O2/c1-5-6-7-8-9-10-16-11-15(14(4)18)12-17(19-16)13(2)3/h13,15-17H,5-8,11-12H2,1-4H3/t15-,16+,17+/m1/s1. The van der Waals surface area contributed by atoms with Crippen molar-refractivity contribution in [2.45, 2.75) is 78.4 Å². The summed E-state index contributed by atoms with van der Waals surface area (Å²) in [6.07, 6.45) is 6.36. The maximum Gasteiger partial charge on any atom is 0.133 e. The summed E-state index contributed by atoms with van der Waals surface area (Å²) in [7, 11) is 0. The van der Waals surface area contributed by atoms with Crippen LogP contribution in [-0.4, -0.2) is 18.0 Å². The van der Waals surface area contributed by atoms with Gasteiger partial charge >= 0.3 is 0 Å². The number of carbonyl (C=O) groups is 1. The van der Waals surface area contributed by atoms with E-state index in [1.54, 1.807) is 6.92 Å². The normalized spacial score (nSPS) is 26.9. The van der Waals surface area contributed by atoms with Crippen molar-refractivity contribution in [2.75, 3.05) is 0 Å². The Hall–Kier alpha value is -0.810. The molecule has 3 atom stereocenters. The fraction of sp³-hybridized carbons (Fsp3) is 0.824. The summed E-state index contributed by atoms with van der Waals surface area (Å²) >= 11 is 0. The van der Waals surface area contributed by atoms with Crippen LogP contribution in [0.1, 0.15) is 66.2 Å². The third kappa shape index (κ3) is 5.78. The van der Waals surface area contributed by atoms with Crippen LogP contribution in [0.15, 0.2) is 0 Å². The van der Waals surface area contributed by atoms with Gasteiger partial charge in [-0.05, 0) is 32.1 Å². The number of hydrogen-bond acceptors (Lipinski definition) is 2. The lowest BCUT2D eigenvalue weighted by Crippen LogP contribution is -2.37. The highest BCUT2D eigenvalue weighted by molar-refractivity contribution is 5.78. The largest absolute Gasteiger partial charge is 0.362 e. The van der Waals surface area contributed by atoms with E-state index in [-0.39, 0.29) is 23.9 Å². The van der Waals surface area contributed by atoms with Crippen molar-refractivity contribution in [1.29, 1.82) is 0 Å². The number of rotatable bonds is 5. The molecule has 1 heterocycles. The van der Waals surface area contributed by atoms with Crippen molar-refractivity contribution in [3.63, 3.8) is 0 Å². The molecule has 0 spiro atoms. The first-order valence-electron chi connectivity index (χ1n) is 7.68. The Bertz CT molecular complexity index is 335. The van der Waals surface area contributed by atoms with Gasteiger partial charge in [-0.3, -0.25) is 4.79 Å². The molecule has 0 bridgehead atoms. The number of unbranched alkanes of at least 4 members (excludes halogenated alkanes) is 3. The summed E-state index contributed by atoms with van der Waals surface area (Å²) in [5.74, 6) is 7.32. The van der Waals surface area contributed by atoms with Crippen molar-refractivity contribution < 1.29 is 9.53 Å². The van der Waals surface area contributed by atoms with E-state index in [0.29, 0.717) is 5.92 Å². The van der Waals surface area contributed by atoms with E-state index in [4.69, 9.17) is 4.74 Å². The molecule has 19 heavy (non-hydrogen) atoms. The molecule has 0 aromatic heterocycles. The molecule has 0 radical (unpaired) electrons. The Morgan fingerprint density at radius 1 is 1.32 bits per heavy atom. The summed E-state index contributed by atoms with van der Waals surface area (Å²) in [6, 6.07) is 0. The van der Waals surface area contributed by atoms with Crippen LogP contribution < -0.4 is 0 Å². The van der Waals surface area contributed by atoms with Gasteiger partial charge in [0.15, 0.2) is 0 Å². The first-order chi connectivity index (χ1) is 9.04. The predicted octanol–water partition coefficient (Wildman–Crippen LogP) is 3.98. The molecule has 2 nitrogen and oxygen atoms in total. The van der Waals surface area contributed by atoms with Gasteiger partial charge in [0, 0.05) is 12.3 Å². The molecule has 0 unspecified atom stereocenters. The van der Waals surface area contributed by atoms with Crippen LogP contribution in [0.5, 0.6) is 0 Å². The van der Waals surface area contributed by atoms with Crippen LogP contribution in [0.4, 0.5) is 0 Å². The summed E-state index contributed by atoms with van der Waals surface area (Å²) in [5, 5.41) is 0. The Morgan fingerprint density at radius 2 is 2.05 bits per heavy atom. The highest BCUT2D eigenvalue weighted by atomic mass is 16.5. The van der Waals surface area contributed by atoms with Gasteiger partial charge < -0.3 is 4.74 Å². The maximum absolute atomic E-state index is 11.6. The van der Waals surface area contributed by atoms with Crippen LogP contribution in [0.25, 0.3) is 0 Å². The number of Topliss-reactive ketones (excluding diaryl/α,β-unsaturated/α-hetero) is 1. The minimum atomic E-state index is -0.0447. The molecule has 0 N–H and O–H groups in total. The second kappa shape index (κ2) is 8.38. The molecule has 2 heteroatoms.